The molecule has 0 saturated carbocycles. The molecule has 16 heavy (non-hydrogen) atoms. The van der Waals surface area contributed by atoms with E-state index in [2.05, 4.69) is 74.3 Å². The minimum atomic E-state index is 1.26. The molecular weight excluding hydrogens is 194 g/mol. The van der Waals surface area contributed by atoms with Crippen molar-refractivity contribution in [2.24, 2.45) is 0 Å². The second-order valence-electron chi connectivity index (χ2n) is 4.13. The fraction of sp³-hybridized carbons (Fsp3) is 0.200. The van der Waals surface area contributed by atoms with Gasteiger partial charge in [0.25, 0.3) is 0 Å². The Morgan fingerprint density at radius 2 is 1.06 bits per heavy atom. The number of rotatable bonds is 2. The van der Waals surface area contributed by atoms with Crippen LogP contribution in [0.5, 0.6) is 0 Å². The number of hydrogen-bond acceptors (Lipinski definition) is 1. The Kier molecular flexibility index (Phi) is 2.95. The van der Waals surface area contributed by atoms with E-state index in [9.17, 15) is 0 Å². The van der Waals surface area contributed by atoms with Gasteiger partial charge in [-0.1, -0.05) is 36.4 Å². The van der Waals surface area contributed by atoms with Crippen LogP contribution in [-0.4, -0.2) is 7.05 Å². The Labute approximate surface area is 97.3 Å². The summed E-state index contributed by atoms with van der Waals surface area (Å²) in [5.41, 5.74) is 5.12. The summed E-state index contributed by atoms with van der Waals surface area (Å²) >= 11 is 0. The predicted molar refractivity (Wildman–Crippen MR) is 70.4 cm³/mol. The summed E-state index contributed by atoms with van der Waals surface area (Å²) in [6.45, 7) is 4.29. The smallest absolute Gasteiger partial charge is 0.0437 e. The normalized spacial score (nSPS) is 10.2. The second-order valence-corrected chi connectivity index (χ2v) is 4.13. The maximum absolute atomic E-state index is 2.24. The van der Waals surface area contributed by atoms with Crippen molar-refractivity contribution in [1.82, 2.24) is 0 Å². The highest BCUT2D eigenvalue weighted by Gasteiger charge is 2.07. The average Bonchev–Trinajstić information content (AvgIpc) is 2.29. The average molecular weight is 211 g/mol. The summed E-state index contributed by atoms with van der Waals surface area (Å²) in [5, 5.41) is 0. The molecule has 1 heteroatoms. The zero-order valence-electron chi connectivity index (χ0n) is 10.1. The van der Waals surface area contributed by atoms with Crippen molar-refractivity contribution >= 4 is 11.4 Å². The number of benzene rings is 2. The van der Waals surface area contributed by atoms with Crippen molar-refractivity contribution < 1.29 is 0 Å². The highest BCUT2D eigenvalue weighted by atomic mass is 15.1. The molecule has 0 amide bonds. The van der Waals surface area contributed by atoms with Gasteiger partial charge in [-0.05, 0) is 37.1 Å². The van der Waals surface area contributed by atoms with Gasteiger partial charge in [0.15, 0.2) is 0 Å². The Morgan fingerprint density at radius 3 is 1.44 bits per heavy atom. The zero-order chi connectivity index (χ0) is 11.5. The predicted octanol–water partition coefficient (Wildman–Crippen LogP) is 4.07. The summed E-state index contributed by atoms with van der Waals surface area (Å²) in [4.78, 5) is 2.24. The highest BCUT2D eigenvalue weighted by Crippen LogP contribution is 2.28. The maximum Gasteiger partial charge on any atom is 0.0437 e. The van der Waals surface area contributed by atoms with Gasteiger partial charge in [0.2, 0.25) is 0 Å². The molecule has 0 heterocycles. The van der Waals surface area contributed by atoms with Crippen LogP contribution >= 0.6 is 0 Å². The lowest BCUT2D eigenvalue weighted by molar-refractivity contribution is 1.17. The number of para-hydroxylation sites is 2. The Bertz CT molecular complexity index is 443. The molecule has 0 unspecified atom stereocenters. The molecule has 82 valence electrons. The molecule has 0 atom stereocenters. The molecule has 0 bridgehead atoms. The summed E-state index contributed by atoms with van der Waals surface area (Å²) in [6.07, 6.45) is 0. The van der Waals surface area contributed by atoms with Crippen LogP contribution in [0.4, 0.5) is 11.4 Å². The summed E-state index contributed by atoms with van der Waals surface area (Å²) in [7, 11) is 2.12. The fourth-order valence-electron chi connectivity index (χ4n) is 2.01. The van der Waals surface area contributed by atoms with Crippen LogP contribution in [0.25, 0.3) is 0 Å². The first-order valence-corrected chi connectivity index (χ1v) is 5.55. The van der Waals surface area contributed by atoms with Crippen LogP contribution in [0.1, 0.15) is 11.1 Å². The lowest BCUT2D eigenvalue weighted by atomic mass is 10.1. The van der Waals surface area contributed by atoms with Crippen LogP contribution in [0.2, 0.25) is 0 Å². The third kappa shape index (κ3) is 1.94. The first-order chi connectivity index (χ1) is 7.70. The molecule has 0 N–H and O–H groups in total. The van der Waals surface area contributed by atoms with Gasteiger partial charge in [-0.15, -0.1) is 0 Å². The van der Waals surface area contributed by atoms with Crippen LogP contribution in [0, 0.1) is 13.8 Å². The second kappa shape index (κ2) is 4.40. The lowest BCUT2D eigenvalue weighted by Gasteiger charge is -2.23. The van der Waals surface area contributed by atoms with Gasteiger partial charge in [0.1, 0.15) is 0 Å². The van der Waals surface area contributed by atoms with Crippen LogP contribution in [-0.2, 0) is 0 Å². The quantitative estimate of drug-likeness (QED) is 0.723. The number of aryl methyl sites for hydroxylation is 2. The molecule has 0 aromatic heterocycles. The van der Waals surface area contributed by atoms with E-state index in [1.807, 2.05) is 0 Å². The van der Waals surface area contributed by atoms with Gasteiger partial charge in [-0.2, -0.15) is 0 Å². The van der Waals surface area contributed by atoms with Gasteiger partial charge in [0.05, 0.1) is 0 Å². The minimum absolute atomic E-state index is 1.26. The van der Waals surface area contributed by atoms with E-state index in [0.717, 1.165) is 0 Å². The van der Waals surface area contributed by atoms with E-state index in [-0.39, 0.29) is 0 Å². The Morgan fingerprint density at radius 1 is 0.688 bits per heavy atom. The van der Waals surface area contributed by atoms with E-state index in [1.165, 1.54) is 22.5 Å². The molecule has 0 saturated heterocycles. The maximum atomic E-state index is 2.24. The van der Waals surface area contributed by atoms with E-state index in [0.29, 0.717) is 0 Å². The van der Waals surface area contributed by atoms with Gasteiger partial charge < -0.3 is 4.90 Å². The molecule has 0 aliphatic carbocycles. The molecule has 0 spiro atoms. The zero-order valence-corrected chi connectivity index (χ0v) is 10.1. The van der Waals surface area contributed by atoms with E-state index >= 15 is 0 Å². The highest BCUT2D eigenvalue weighted by molar-refractivity contribution is 5.67. The number of anilines is 2. The van der Waals surface area contributed by atoms with Crippen molar-refractivity contribution in [2.45, 2.75) is 13.8 Å². The SMILES string of the molecule is Cc1ccccc1N(C)c1ccccc1C. The van der Waals surface area contributed by atoms with E-state index in [1.54, 1.807) is 0 Å². The van der Waals surface area contributed by atoms with Gasteiger partial charge in [-0.3, -0.25) is 0 Å². The van der Waals surface area contributed by atoms with Gasteiger partial charge in [0, 0.05) is 18.4 Å². The van der Waals surface area contributed by atoms with Crippen molar-refractivity contribution in [3.8, 4) is 0 Å². The summed E-state index contributed by atoms with van der Waals surface area (Å²) < 4.78 is 0. The molecule has 0 fully saturated rings. The molecule has 2 rings (SSSR count). The molecule has 1 nitrogen and oxygen atoms in total. The first-order valence-electron chi connectivity index (χ1n) is 5.55. The molecule has 0 radical (unpaired) electrons. The largest absolute Gasteiger partial charge is 0.344 e. The third-order valence-electron chi connectivity index (χ3n) is 2.95. The summed E-state index contributed by atoms with van der Waals surface area (Å²) in [5.74, 6) is 0. The van der Waals surface area contributed by atoms with Gasteiger partial charge in [-0.25, -0.2) is 0 Å². The molecule has 2 aromatic rings. The number of nitrogens with zero attached hydrogens (tertiary/aromatic N) is 1. The van der Waals surface area contributed by atoms with Crippen LogP contribution < -0.4 is 4.90 Å². The standard InChI is InChI=1S/C15H17N/c1-12-8-4-6-10-14(12)16(3)15-11-7-5-9-13(15)2/h4-11H,1-3H3. The van der Waals surface area contributed by atoms with Crippen LogP contribution in [0.3, 0.4) is 0 Å². The van der Waals surface area contributed by atoms with Crippen molar-refractivity contribution in [3.05, 3.63) is 59.7 Å². The number of hydrogen-bond donors (Lipinski definition) is 0. The first kappa shape index (κ1) is 10.7. The van der Waals surface area contributed by atoms with E-state index < -0.39 is 0 Å². The minimum Gasteiger partial charge on any atom is -0.344 e. The monoisotopic (exact) mass is 211 g/mol. The van der Waals surface area contributed by atoms with Crippen molar-refractivity contribution in [3.63, 3.8) is 0 Å². The molecule has 0 aliphatic rings. The molecule has 0 aliphatic heterocycles. The third-order valence-corrected chi connectivity index (χ3v) is 2.95. The Hall–Kier alpha value is -1.76. The molecule has 2 aromatic carbocycles. The summed E-state index contributed by atoms with van der Waals surface area (Å²) in [6, 6.07) is 16.9. The molecular formula is C15H17N. The topological polar surface area (TPSA) is 3.24 Å². The Balaban J connectivity index is 2.44. The lowest BCUT2D eigenvalue weighted by Crippen LogP contribution is -2.11. The van der Waals surface area contributed by atoms with Gasteiger partial charge >= 0.3 is 0 Å². The van der Waals surface area contributed by atoms with Crippen molar-refractivity contribution in [1.29, 1.82) is 0 Å². The van der Waals surface area contributed by atoms with E-state index in [4.69, 9.17) is 0 Å². The van der Waals surface area contributed by atoms with Crippen LogP contribution in [0.15, 0.2) is 48.5 Å². The fourth-order valence-corrected chi connectivity index (χ4v) is 2.01. The van der Waals surface area contributed by atoms with Crippen molar-refractivity contribution in [2.75, 3.05) is 11.9 Å².